The number of carbonyl (C=O) groups is 2. The monoisotopic (exact) mass is 442 g/mol. The van der Waals surface area contributed by atoms with Gasteiger partial charge < -0.3 is 14.4 Å². The second-order valence-corrected chi connectivity index (χ2v) is 7.13. The second-order valence-electron chi connectivity index (χ2n) is 6.12. The molecule has 6 nitrogen and oxygen atoms in total. The Hall–Kier alpha value is -3.21. The van der Waals surface area contributed by atoms with Gasteiger partial charge in [0.25, 0.3) is 5.91 Å². The number of aromatic nitrogens is 1. The number of carboxylic acid groups (broad SMARTS) is 1. The third kappa shape index (κ3) is 4.67. The van der Waals surface area contributed by atoms with E-state index in [0.29, 0.717) is 0 Å². The summed E-state index contributed by atoms with van der Waals surface area (Å²) in [5.74, 6) is -2.97. The molecule has 3 rings (SSSR count). The minimum atomic E-state index is -4.89. The molecular formula is C19H14F4N2O4S. The summed E-state index contributed by atoms with van der Waals surface area (Å²) in [4.78, 5) is 28.1. The highest BCUT2D eigenvalue weighted by Crippen LogP contribution is 2.29. The second kappa shape index (κ2) is 8.27. The number of carboxylic acids is 1. The van der Waals surface area contributed by atoms with Crippen LogP contribution in [-0.4, -0.2) is 27.9 Å². The fourth-order valence-electron chi connectivity index (χ4n) is 2.81. The maximum absolute atomic E-state index is 13.1. The van der Waals surface area contributed by atoms with E-state index < -0.39 is 35.8 Å². The van der Waals surface area contributed by atoms with Gasteiger partial charge in [-0.15, -0.1) is 13.2 Å². The Morgan fingerprint density at radius 1 is 1.20 bits per heavy atom. The van der Waals surface area contributed by atoms with Gasteiger partial charge in [-0.3, -0.25) is 4.79 Å². The van der Waals surface area contributed by atoms with Crippen molar-refractivity contribution in [3.8, 4) is 5.75 Å². The van der Waals surface area contributed by atoms with Gasteiger partial charge >= 0.3 is 12.3 Å². The fourth-order valence-corrected chi connectivity index (χ4v) is 3.91. The maximum Gasteiger partial charge on any atom is 0.573 e. The minimum Gasteiger partial charge on any atom is -0.480 e. The zero-order valence-electron chi connectivity index (χ0n) is 15.3. The maximum atomic E-state index is 13.1. The quantitative estimate of drug-likeness (QED) is 0.590. The van der Waals surface area contributed by atoms with Crippen LogP contribution < -0.4 is 9.54 Å². The van der Waals surface area contributed by atoms with Gasteiger partial charge in [-0.2, -0.15) is 4.99 Å². The number of aliphatic carboxylic acids is 1. The number of halogens is 4. The molecule has 0 bridgehead atoms. The number of hydrogen-bond acceptors (Lipinski definition) is 4. The number of thiazole rings is 1. The summed E-state index contributed by atoms with van der Waals surface area (Å²) < 4.78 is 56.0. The average molecular weight is 442 g/mol. The molecule has 0 saturated carbocycles. The number of fused-ring (bicyclic) bond motifs is 1. The van der Waals surface area contributed by atoms with Gasteiger partial charge in [0.2, 0.25) is 0 Å². The van der Waals surface area contributed by atoms with E-state index in [0.717, 1.165) is 35.6 Å². The van der Waals surface area contributed by atoms with Crippen molar-refractivity contribution in [2.45, 2.75) is 25.7 Å². The summed E-state index contributed by atoms with van der Waals surface area (Å²) in [6, 6.07) is 6.93. The molecule has 1 amide bonds. The van der Waals surface area contributed by atoms with Gasteiger partial charge in [-0.1, -0.05) is 18.3 Å². The SMILES string of the molecule is CCC(C(=O)O)n1c(=NC(=O)c2ccc(F)cc2)sc2cc(OC(F)(F)F)ccc21. The molecule has 0 radical (unpaired) electrons. The van der Waals surface area contributed by atoms with E-state index in [4.69, 9.17) is 0 Å². The predicted molar refractivity (Wildman–Crippen MR) is 99.8 cm³/mol. The first-order valence-corrected chi connectivity index (χ1v) is 9.39. The number of nitrogens with zero attached hydrogens (tertiary/aromatic N) is 2. The molecule has 0 aliphatic rings. The van der Waals surface area contributed by atoms with Crippen LogP contribution in [0.5, 0.6) is 5.75 Å². The lowest BCUT2D eigenvalue weighted by atomic mass is 10.2. The van der Waals surface area contributed by atoms with E-state index in [1.54, 1.807) is 6.92 Å². The number of amides is 1. The van der Waals surface area contributed by atoms with E-state index in [2.05, 4.69) is 9.73 Å². The molecular weight excluding hydrogens is 428 g/mol. The van der Waals surface area contributed by atoms with E-state index in [-0.39, 0.29) is 27.0 Å². The van der Waals surface area contributed by atoms with Gasteiger partial charge in [0.05, 0.1) is 10.2 Å². The van der Waals surface area contributed by atoms with Gasteiger partial charge in [-0.05, 0) is 48.9 Å². The number of alkyl halides is 3. The smallest absolute Gasteiger partial charge is 0.480 e. The Morgan fingerprint density at radius 3 is 2.43 bits per heavy atom. The Morgan fingerprint density at radius 2 is 1.87 bits per heavy atom. The number of rotatable bonds is 5. The van der Waals surface area contributed by atoms with Gasteiger partial charge in [-0.25, -0.2) is 9.18 Å². The van der Waals surface area contributed by atoms with Crippen LogP contribution in [0, 0.1) is 5.82 Å². The van der Waals surface area contributed by atoms with Gasteiger partial charge in [0.15, 0.2) is 4.80 Å². The summed E-state index contributed by atoms with van der Waals surface area (Å²) >= 11 is 0.842. The van der Waals surface area contributed by atoms with Crippen LogP contribution in [0.25, 0.3) is 10.2 Å². The Labute approximate surface area is 170 Å². The first kappa shape index (κ1) is 21.5. The molecule has 158 valence electrons. The fraction of sp³-hybridized carbons (Fsp3) is 0.211. The lowest BCUT2D eigenvalue weighted by Crippen LogP contribution is -2.27. The third-order valence-corrected chi connectivity index (χ3v) is 5.12. The minimum absolute atomic E-state index is 0.0160. The zero-order chi connectivity index (χ0) is 22.1. The zero-order valence-corrected chi connectivity index (χ0v) is 16.1. The van der Waals surface area contributed by atoms with Crippen molar-refractivity contribution in [3.63, 3.8) is 0 Å². The summed E-state index contributed by atoms with van der Waals surface area (Å²) in [6.07, 6.45) is -4.75. The lowest BCUT2D eigenvalue weighted by Gasteiger charge is -2.14. The number of hydrogen-bond donors (Lipinski definition) is 1. The largest absolute Gasteiger partial charge is 0.573 e. The molecule has 1 atom stereocenters. The molecule has 0 fully saturated rings. The van der Waals surface area contributed by atoms with E-state index in [1.165, 1.54) is 22.8 Å². The van der Waals surface area contributed by atoms with Crippen molar-refractivity contribution in [1.82, 2.24) is 4.57 Å². The van der Waals surface area contributed by atoms with Crippen LogP contribution in [0.15, 0.2) is 47.5 Å². The first-order chi connectivity index (χ1) is 14.1. The highest BCUT2D eigenvalue weighted by molar-refractivity contribution is 7.16. The number of benzene rings is 2. The molecule has 30 heavy (non-hydrogen) atoms. The van der Waals surface area contributed by atoms with Crippen molar-refractivity contribution in [3.05, 3.63) is 58.6 Å². The highest BCUT2D eigenvalue weighted by Gasteiger charge is 2.31. The van der Waals surface area contributed by atoms with Crippen LogP contribution in [0.4, 0.5) is 17.6 Å². The lowest BCUT2D eigenvalue weighted by molar-refractivity contribution is -0.274. The molecule has 0 spiro atoms. The first-order valence-electron chi connectivity index (χ1n) is 8.57. The van der Waals surface area contributed by atoms with Crippen LogP contribution in [0.1, 0.15) is 29.7 Å². The molecule has 0 saturated heterocycles. The summed E-state index contributed by atoms with van der Waals surface area (Å²) in [7, 11) is 0. The van der Waals surface area contributed by atoms with E-state index >= 15 is 0 Å². The molecule has 1 N–H and O–H groups in total. The topological polar surface area (TPSA) is 80.9 Å². The Balaban J connectivity index is 2.18. The Kier molecular flexibility index (Phi) is 5.92. The van der Waals surface area contributed by atoms with Crippen LogP contribution in [-0.2, 0) is 4.79 Å². The standard InChI is InChI=1S/C19H14F4N2O4S/c1-2-13(17(27)28)25-14-8-7-12(29-19(21,22)23)9-15(14)30-18(25)24-16(26)10-3-5-11(20)6-4-10/h3-9,13H,2H2,1H3,(H,27,28). The van der Waals surface area contributed by atoms with Crippen LogP contribution in [0.2, 0.25) is 0 Å². The highest BCUT2D eigenvalue weighted by atomic mass is 32.1. The molecule has 0 aliphatic carbocycles. The van der Waals surface area contributed by atoms with Crippen molar-refractivity contribution in [1.29, 1.82) is 0 Å². The van der Waals surface area contributed by atoms with Crippen LogP contribution in [0.3, 0.4) is 0 Å². The van der Waals surface area contributed by atoms with Crippen molar-refractivity contribution in [2.75, 3.05) is 0 Å². The Bertz CT molecular complexity index is 1170. The summed E-state index contributed by atoms with van der Waals surface area (Å²) in [5.41, 5.74) is 0.360. The normalized spacial score (nSPS) is 13.4. The van der Waals surface area contributed by atoms with Gasteiger partial charge in [0, 0.05) is 5.56 Å². The van der Waals surface area contributed by atoms with E-state index in [9.17, 15) is 32.3 Å². The predicted octanol–water partition coefficient (Wildman–Crippen LogP) is 4.52. The van der Waals surface area contributed by atoms with Crippen molar-refractivity contribution < 1.29 is 37.0 Å². The molecule has 0 aliphatic heterocycles. The third-order valence-electron chi connectivity index (χ3n) is 4.10. The number of carbonyl (C=O) groups excluding carboxylic acids is 1. The van der Waals surface area contributed by atoms with Crippen LogP contribution >= 0.6 is 11.3 Å². The molecule has 1 heterocycles. The average Bonchev–Trinajstić information content (AvgIpc) is 2.98. The molecule has 11 heteroatoms. The van der Waals surface area contributed by atoms with Crippen molar-refractivity contribution in [2.24, 2.45) is 4.99 Å². The molecule has 1 aromatic heterocycles. The molecule has 3 aromatic rings. The molecule has 1 unspecified atom stereocenters. The number of ether oxygens (including phenoxy) is 1. The summed E-state index contributed by atoms with van der Waals surface area (Å²) in [5, 5.41) is 9.56. The molecule has 2 aromatic carbocycles. The van der Waals surface area contributed by atoms with Crippen molar-refractivity contribution >= 4 is 33.4 Å². The van der Waals surface area contributed by atoms with Gasteiger partial charge in [0.1, 0.15) is 17.6 Å². The van der Waals surface area contributed by atoms with E-state index in [1.807, 2.05) is 0 Å². The summed E-state index contributed by atoms with van der Waals surface area (Å²) in [6.45, 7) is 1.61.